The van der Waals surface area contributed by atoms with E-state index in [1.807, 2.05) is 24.3 Å². The molecule has 0 saturated heterocycles. The third kappa shape index (κ3) is 2.20. The molecule has 0 fully saturated rings. The van der Waals surface area contributed by atoms with Crippen LogP contribution in [0, 0.1) is 0 Å². The van der Waals surface area contributed by atoms with Crippen LogP contribution in [-0.2, 0) is 13.1 Å². The molecule has 1 aromatic heterocycles. The number of fused-ring (bicyclic) bond motifs is 2. The molecule has 6 heteroatoms. The van der Waals surface area contributed by atoms with Gasteiger partial charge in [-0.2, -0.15) is 5.10 Å². The van der Waals surface area contributed by atoms with Gasteiger partial charge in [0.1, 0.15) is 0 Å². The number of hydrogen-bond acceptors (Lipinski definition) is 3. The number of rotatable bonds is 2. The van der Waals surface area contributed by atoms with Crippen molar-refractivity contribution in [3.8, 4) is 0 Å². The first-order valence-electron chi connectivity index (χ1n) is 6.98. The highest BCUT2D eigenvalue weighted by Crippen LogP contribution is 2.27. The summed E-state index contributed by atoms with van der Waals surface area (Å²) >= 11 is 3.45. The number of aromatic amines is 1. The summed E-state index contributed by atoms with van der Waals surface area (Å²) in [4.78, 5) is 12.6. The molecule has 0 atom stereocenters. The van der Waals surface area contributed by atoms with E-state index in [1.165, 1.54) is 11.1 Å². The second-order valence-corrected chi connectivity index (χ2v) is 6.15. The molecule has 1 aliphatic rings. The van der Waals surface area contributed by atoms with Crippen LogP contribution in [0.1, 0.15) is 21.5 Å². The highest BCUT2D eigenvalue weighted by molar-refractivity contribution is 9.10. The molecule has 2 aromatic carbocycles. The second kappa shape index (κ2) is 5.23. The molecule has 0 spiro atoms. The van der Waals surface area contributed by atoms with E-state index in [2.05, 4.69) is 42.8 Å². The first kappa shape index (κ1) is 13.5. The summed E-state index contributed by atoms with van der Waals surface area (Å²) in [5.74, 6) is -0.148. The topological polar surface area (TPSA) is 69.8 Å². The number of carbonyl (C=O) groups is 1. The van der Waals surface area contributed by atoms with Crippen molar-refractivity contribution >= 4 is 38.4 Å². The van der Waals surface area contributed by atoms with Crippen molar-refractivity contribution in [2.45, 2.75) is 13.1 Å². The van der Waals surface area contributed by atoms with Crippen LogP contribution in [0.4, 0.5) is 5.69 Å². The Bertz CT molecular complexity index is 887. The predicted octanol–water partition coefficient (Wildman–Crippen LogP) is 3.18. The van der Waals surface area contributed by atoms with Crippen LogP contribution in [0.2, 0.25) is 0 Å². The van der Waals surface area contributed by atoms with E-state index in [0.29, 0.717) is 5.56 Å². The zero-order valence-electron chi connectivity index (χ0n) is 11.6. The lowest BCUT2D eigenvalue weighted by atomic mass is 10.1. The molecule has 0 bridgehead atoms. The van der Waals surface area contributed by atoms with Crippen LogP contribution in [0.15, 0.2) is 41.0 Å². The number of carbonyl (C=O) groups excluding carboxylic acids is 1. The smallest absolute Gasteiger partial charge is 0.257 e. The first-order valence-corrected chi connectivity index (χ1v) is 7.77. The van der Waals surface area contributed by atoms with Gasteiger partial charge in [-0.15, -0.1) is 0 Å². The van der Waals surface area contributed by atoms with Gasteiger partial charge in [-0.05, 0) is 51.3 Å². The van der Waals surface area contributed by atoms with Crippen LogP contribution in [0.3, 0.4) is 0 Å². The largest absolute Gasteiger partial charge is 0.322 e. The van der Waals surface area contributed by atoms with Crippen molar-refractivity contribution in [3.05, 3.63) is 57.7 Å². The van der Waals surface area contributed by atoms with Gasteiger partial charge in [0.2, 0.25) is 0 Å². The molecule has 0 unspecified atom stereocenters. The summed E-state index contributed by atoms with van der Waals surface area (Å²) in [7, 11) is 0. The second-order valence-electron chi connectivity index (χ2n) is 5.29. The maximum absolute atomic E-state index is 12.6. The van der Waals surface area contributed by atoms with Gasteiger partial charge in [-0.25, -0.2) is 0 Å². The number of nitrogens with one attached hydrogen (secondary N) is 3. The Morgan fingerprint density at radius 1 is 1.18 bits per heavy atom. The quantitative estimate of drug-likeness (QED) is 0.660. The number of amides is 1. The van der Waals surface area contributed by atoms with E-state index in [9.17, 15) is 4.79 Å². The van der Waals surface area contributed by atoms with Crippen LogP contribution in [-0.4, -0.2) is 16.1 Å². The molecule has 2 heterocycles. The molecule has 0 aliphatic carbocycles. The minimum absolute atomic E-state index is 0.148. The molecular formula is C16H13BrN4O. The lowest BCUT2D eigenvalue weighted by molar-refractivity contribution is 0.102. The molecule has 5 nitrogen and oxygen atoms in total. The molecule has 3 aromatic rings. The Morgan fingerprint density at radius 2 is 2.05 bits per heavy atom. The number of H-pyrrole nitrogens is 1. The highest BCUT2D eigenvalue weighted by atomic mass is 79.9. The number of anilines is 1. The fraction of sp³-hybridized carbons (Fsp3) is 0.125. The first-order chi connectivity index (χ1) is 10.7. The highest BCUT2D eigenvalue weighted by Gasteiger charge is 2.17. The molecule has 22 heavy (non-hydrogen) atoms. The average molecular weight is 357 g/mol. The average Bonchev–Trinajstić information content (AvgIpc) is 3.14. The van der Waals surface area contributed by atoms with Crippen LogP contribution in [0.25, 0.3) is 10.9 Å². The number of nitrogens with zero attached hydrogens (tertiary/aromatic N) is 1. The third-order valence-corrected chi connectivity index (χ3v) is 4.56. The summed E-state index contributed by atoms with van der Waals surface area (Å²) < 4.78 is 0.752. The zero-order chi connectivity index (χ0) is 15.1. The van der Waals surface area contributed by atoms with Crippen molar-refractivity contribution in [2.24, 2.45) is 0 Å². The Labute approximate surface area is 135 Å². The molecular weight excluding hydrogens is 344 g/mol. The van der Waals surface area contributed by atoms with Gasteiger partial charge in [-0.3, -0.25) is 9.89 Å². The standard InChI is InChI=1S/C16H13BrN4O/c17-13-3-4-14-12(8-19-21-14)15(13)16(22)20-11-2-1-9-6-18-7-10(9)5-11/h1-5,8,18H,6-7H2,(H,19,21)(H,20,22). The van der Waals surface area contributed by atoms with Crippen LogP contribution >= 0.6 is 15.9 Å². The van der Waals surface area contributed by atoms with E-state index in [4.69, 9.17) is 0 Å². The van der Waals surface area contributed by atoms with E-state index in [1.54, 1.807) is 6.20 Å². The fourth-order valence-electron chi connectivity index (χ4n) is 2.79. The van der Waals surface area contributed by atoms with Crippen molar-refractivity contribution in [1.82, 2.24) is 15.5 Å². The Kier molecular flexibility index (Phi) is 3.20. The van der Waals surface area contributed by atoms with Crippen molar-refractivity contribution < 1.29 is 4.79 Å². The van der Waals surface area contributed by atoms with E-state index in [0.717, 1.165) is 34.2 Å². The number of benzene rings is 2. The molecule has 0 saturated carbocycles. The number of halogens is 1. The maximum Gasteiger partial charge on any atom is 0.257 e. The van der Waals surface area contributed by atoms with Gasteiger partial charge in [0.05, 0.1) is 17.3 Å². The summed E-state index contributed by atoms with van der Waals surface area (Å²) in [6.45, 7) is 1.74. The van der Waals surface area contributed by atoms with Crippen LogP contribution in [0.5, 0.6) is 0 Å². The van der Waals surface area contributed by atoms with Gasteiger partial charge in [-0.1, -0.05) is 6.07 Å². The Hall–Kier alpha value is -2.18. The zero-order valence-corrected chi connectivity index (χ0v) is 13.2. The van der Waals surface area contributed by atoms with E-state index in [-0.39, 0.29) is 5.91 Å². The fourth-order valence-corrected chi connectivity index (χ4v) is 3.31. The molecule has 110 valence electrons. The molecule has 0 radical (unpaired) electrons. The minimum atomic E-state index is -0.148. The monoisotopic (exact) mass is 356 g/mol. The summed E-state index contributed by atoms with van der Waals surface area (Å²) in [5, 5.41) is 14.0. The maximum atomic E-state index is 12.6. The van der Waals surface area contributed by atoms with E-state index >= 15 is 0 Å². The molecule has 4 rings (SSSR count). The van der Waals surface area contributed by atoms with Gasteiger partial charge >= 0.3 is 0 Å². The number of aromatic nitrogens is 2. The van der Waals surface area contributed by atoms with Gasteiger partial charge in [0.25, 0.3) is 5.91 Å². The number of hydrogen-bond donors (Lipinski definition) is 3. The summed E-state index contributed by atoms with van der Waals surface area (Å²) in [6.07, 6.45) is 1.67. The Morgan fingerprint density at radius 3 is 2.95 bits per heavy atom. The van der Waals surface area contributed by atoms with Gasteiger partial charge < -0.3 is 10.6 Å². The van der Waals surface area contributed by atoms with Crippen LogP contribution < -0.4 is 10.6 Å². The van der Waals surface area contributed by atoms with Crippen molar-refractivity contribution in [2.75, 3.05) is 5.32 Å². The normalized spacial score (nSPS) is 13.3. The third-order valence-electron chi connectivity index (χ3n) is 3.90. The minimum Gasteiger partial charge on any atom is -0.322 e. The lowest BCUT2D eigenvalue weighted by Gasteiger charge is -2.09. The summed E-state index contributed by atoms with van der Waals surface area (Å²) in [6, 6.07) is 9.76. The SMILES string of the molecule is O=C(Nc1ccc2c(c1)CNC2)c1c(Br)ccc2[nH]ncc12. The van der Waals surface area contributed by atoms with Crippen molar-refractivity contribution in [1.29, 1.82) is 0 Å². The molecule has 1 aliphatic heterocycles. The Balaban J connectivity index is 1.69. The molecule has 1 amide bonds. The predicted molar refractivity (Wildman–Crippen MR) is 88.7 cm³/mol. The van der Waals surface area contributed by atoms with Gasteiger partial charge in [0, 0.05) is 28.6 Å². The molecule has 3 N–H and O–H groups in total. The lowest BCUT2D eigenvalue weighted by Crippen LogP contribution is -2.13. The van der Waals surface area contributed by atoms with Gasteiger partial charge in [0.15, 0.2) is 0 Å². The van der Waals surface area contributed by atoms with E-state index < -0.39 is 0 Å². The van der Waals surface area contributed by atoms with Crippen molar-refractivity contribution in [3.63, 3.8) is 0 Å². The summed E-state index contributed by atoms with van der Waals surface area (Å²) in [5.41, 5.74) is 4.76.